The van der Waals surface area contributed by atoms with Crippen molar-refractivity contribution in [2.24, 2.45) is 0 Å². The van der Waals surface area contributed by atoms with Gasteiger partial charge in [0.1, 0.15) is 0 Å². The van der Waals surface area contributed by atoms with E-state index in [0.29, 0.717) is 5.75 Å². The SMILES string of the molecule is C[C@H](NC(=O)CSc1ccc2ccccc2c1)c1ccccc1. The predicted molar refractivity (Wildman–Crippen MR) is 97.7 cm³/mol. The number of thioether (sulfide) groups is 1. The van der Waals surface area contributed by atoms with Crippen LogP contribution in [0, 0.1) is 0 Å². The van der Waals surface area contributed by atoms with Gasteiger partial charge in [-0.2, -0.15) is 0 Å². The highest BCUT2D eigenvalue weighted by Crippen LogP contribution is 2.23. The molecule has 0 saturated heterocycles. The normalized spacial score (nSPS) is 12.0. The van der Waals surface area contributed by atoms with Crippen LogP contribution in [0.1, 0.15) is 18.5 Å². The van der Waals surface area contributed by atoms with Gasteiger partial charge in [0.15, 0.2) is 0 Å². The van der Waals surface area contributed by atoms with E-state index in [9.17, 15) is 4.79 Å². The molecule has 3 rings (SSSR count). The molecule has 0 aliphatic heterocycles. The summed E-state index contributed by atoms with van der Waals surface area (Å²) in [4.78, 5) is 13.2. The van der Waals surface area contributed by atoms with Gasteiger partial charge in [0, 0.05) is 4.90 Å². The molecule has 3 aromatic carbocycles. The summed E-state index contributed by atoms with van der Waals surface area (Å²) in [6.45, 7) is 2.01. The van der Waals surface area contributed by atoms with Gasteiger partial charge in [0.05, 0.1) is 11.8 Å². The third kappa shape index (κ3) is 4.14. The monoisotopic (exact) mass is 321 g/mol. The molecule has 3 aromatic rings. The first-order valence-corrected chi connectivity index (χ1v) is 8.67. The van der Waals surface area contributed by atoms with E-state index in [1.807, 2.05) is 49.4 Å². The topological polar surface area (TPSA) is 29.1 Å². The molecule has 116 valence electrons. The maximum Gasteiger partial charge on any atom is 0.230 e. The van der Waals surface area contributed by atoms with Crippen molar-refractivity contribution < 1.29 is 4.79 Å². The zero-order chi connectivity index (χ0) is 16.1. The van der Waals surface area contributed by atoms with Crippen LogP contribution in [-0.4, -0.2) is 11.7 Å². The fourth-order valence-corrected chi connectivity index (χ4v) is 3.27. The maximum absolute atomic E-state index is 12.1. The number of carbonyl (C=O) groups excluding carboxylic acids is 1. The van der Waals surface area contributed by atoms with Crippen molar-refractivity contribution in [1.82, 2.24) is 5.32 Å². The fraction of sp³-hybridized carbons (Fsp3) is 0.150. The van der Waals surface area contributed by atoms with E-state index in [0.717, 1.165) is 10.5 Å². The minimum atomic E-state index is 0.0286. The minimum Gasteiger partial charge on any atom is -0.349 e. The summed E-state index contributed by atoms with van der Waals surface area (Å²) < 4.78 is 0. The molecular weight excluding hydrogens is 302 g/mol. The fourth-order valence-electron chi connectivity index (χ4n) is 2.51. The lowest BCUT2D eigenvalue weighted by Gasteiger charge is -2.14. The van der Waals surface area contributed by atoms with E-state index in [4.69, 9.17) is 0 Å². The molecule has 0 spiro atoms. The van der Waals surface area contributed by atoms with Crippen LogP contribution >= 0.6 is 11.8 Å². The molecule has 0 saturated carbocycles. The molecular formula is C20H19NOS. The maximum atomic E-state index is 12.1. The Hall–Kier alpha value is -2.26. The lowest BCUT2D eigenvalue weighted by Crippen LogP contribution is -2.28. The molecule has 3 heteroatoms. The molecule has 0 aromatic heterocycles. The third-order valence-corrected chi connectivity index (χ3v) is 4.76. The van der Waals surface area contributed by atoms with Crippen LogP contribution in [0.2, 0.25) is 0 Å². The van der Waals surface area contributed by atoms with Gasteiger partial charge in [-0.05, 0) is 35.4 Å². The second kappa shape index (κ2) is 7.34. The Morgan fingerprint density at radius 3 is 2.43 bits per heavy atom. The van der Waals surface area contributed by atoms with Crippen molar-refractivity contribution in [3.63, 3.8) is 0 Å². The number of hydrogen-bond donors (Lipinski definition) is 1. The van der Waals surface area contributed by atoms with Gasteiger partial charge in [0.25, 0.3) is 0 Å². The summed E-state index contributed by atoms with van der Waals surface area (Å²) in [5.41, 5.74) is 1.12. The zero-order valence-electron chi connectivity index (χ0n) is 13.0. The van der Waals surface area contributed by atoms with Gasteiger partial charge in [-0.15, -0.1) is 11.8 Å². The van der Waals surface area contributed by atoms with Crippen molar-refractivity contribution in [2.45, 2.75) is 17.9 Å². The van der Waals surface area contributed by atoms with Crippen LogP contribution in [0.15, 0.2) is 77.7 Å². The summed E-state index contributed by atoms with van der Waals surface area (Å²) in [6.07, 6.45) is 0. The molecule has 0 fully saturated rings. The van der Waals surface area contributed by atoms with E-state index in [1.165, 1.54) is 10.8 Å². The lowest BCUT2D eigenvalue weighted by atomic mass is 10.1. The van der Waals surface area contributed by atoms with Crippen LogP contribution in [0.4, 0.5) is 0 Å². The van der Waals surface area contributed by atoms with Gasteiger partial charge < -0.3 is 5.32 Å². The Bertz CT molecular complexity index is 801. The summed E-state index contributed by atoms with van der Waals surface area (Å²) >= 11 is 1.57. The first-order valence-electron chi connectivity index (χ1n) is 7.68. The summed E-state index contributed by atoms with van der Waals surface area (Å²) in [5, 5.41) is 5.47. The molecule has 0 aliphatic rings. The lowest BCUT2D eigenvalue weighted by molar-refractivity contribution is -0.119. The highest BCUT2D eigenvalue weighted by Gasteiger charge is 2.09. The molecule has 0 aliphatic carbocycles. The number of amides is 1. The number of nitrogens with one attached hydrogen (secondary N) is 1. The molecule has 1 atom stereocenters. The highest BCUT2D eigenvalue weighted by atomic mass is 32.2. The van der Waals surface area contributed by atoms with Crippen LogP contribution < -0.4 is 5.32 Å². The van der Waals surface area contributed by atoms with Gasteiger partial charge >= 0.3 is 0 Å². The van der Waals surface area contributed by atoms with Crippen LogP contribution in [-0.2, 0) is 4.79 Å². The summed E-state index contributed by atoms with van der Waals surface area (Å²) in [6, 6.07) is 24.6. The minimum absolute atomic E-state index is 0.0286. The van der Waals surface area contributed by atoms with E-state index in [1.54, 1.807) is 11.8 Å². The third-order valence-electron chi connectivity index (χ3n) is 3.77. The zero-order valence-corrected chi connectivity index (χ0v) is 13.8. The molecule has 2 nitrogen and oxygen atoms in total. The largest absolute Gasteiger partial charge is 0.349 e. The van der Waals surface area contributed by atoms with E-state index >= 15 is 0 Å². The average molecular weight is 321 g/mol. The quantitative estimate of drug-likeness (QED) is 0.683. The predicted octanol–water partition coefficient (Wildman–Crippen LogP) is 4.81. The van der Waals surface area contributed by atoms with Crippen molar-refractivity contribution in [1.29, 1.82) is 0 Å². The molecule has 23 heavy (non-hydrogen) atoms. The summed E-state index contributed by atoms with van der Waals surface area (Å²) in [7, 11) is 0. The number of hydrogen-bond acceptors (Lipinski definition) is 2. The number of rotatable bonds is 5. The second-order valence-corrected chi connectivity index (χ2v) is 6.55. The van der Waals surface area contributed by atoms with E-state index in [-0.39, 0.29) is 11.9 Å². The van der Waals surface area contributed by atoms with Gasteiger partial charge in [-0.1, -0.05) is 60.7 Å². The second-order valence-electron chi connectivity index (χ2n) is 5.50. The van der Waals surface area contributed by atoms with Crippen molar-refractivity contribution in [3.8, 4) is 0 Å². The van der Waals surface area contributed by atoms with Crippen LogP contribution in [0.3, 0.4) is 0 Å². The van der Waals surface area contributed by atoms with E-state index in [2.05, 4.69) is 35.6 Å². The standard InChI is InChI=1S/C20H19NOS/c1-15(16-7-3-2-4-8-16)21-20(22)14-23-19-12-11-17-9-5-6-10-18(17)13-19/h2-13,15H,14H2,1H3,(H,21,22)/t15-/m0/s1. The van der Waals surface area contributed by atoms with Crippen LogP contribution in [0.25, 0.3) is 10.8 Å². The molecule has 1 amide bonds. The smallest absolute Gasteiger partial charge is 0.230 e. The number of fused-ring (bicyclic) bond motifs is 1. The first kappa shape index (κ1) is 15.6. The molecule has 1 N–H and O–H groups in total. The Kier molecular flexibility index (Phi) is 4.99. The number of benzene rings is 3. The highest BCUT2D eigenvalue weighted by molar-refractivity contribution is 8.00. The Labute approximate surface area is 140 Å². The van der Waals surface area contributed by atoms with Crippen molar-refractivity contribution >= 4 is 28.4 Å². The van der Waals surface area contributed by atoms with E-state index < -0.39 is 0 Å². The van der Waals surface area contributed by atoms with Gasteiger partial charge in [-0.25, -0.2) is 0 Å². The van der Waals surface area contributed by atoms with Gasteiger partial charge in [0.2, 0.25) is 5.91 Å². The molecule has 0 unspecified atom stereocenters. The first-order chi connectivity index (χ1) is 11.2. The molecule has 0 bridgehead atoms. The number of carbonyl (C=O) groups is 1. The summed E-state index contributed by atoms with van der Waals surface area (Å²) in [5.74, 6) is 0.481. The van der Waals surface area contributed by atoms with Crippen LogP contribution in [0.5, 0.6) is 0 Å². The molecule has 0 radical (unpaired) electrons. The average Bonchev–Trinajstić information content (AvgIpc) is 2.60. The Morgan fingerprint density at radius 1 is 0.957 bits per heavy atom. The van der Waals surface area contributed by atoms with Crippen molar-refractivity contribution in [2.75, 3.05) is 5.75 Å². The Balaban J connectivity index is 1.57. The molecule has 0 heterocycles. The van der Waals surface area contributed by atoms with Gasteiger partial charge in [-0.3, -0.25) is 4.79 Å². The van der Waals surface area contributed by atoms with Crippen molar-refractivity contribution in [3.05, 3.63) is 78.4 Å². The Morgan fingerprint density at radius 2 is 1.65 bits per heavy atom.